The monoisotopic (exact) mass is 308 g/mol. The molecule has 1 unspecified atom stereocenters. The van der Waals surface area contributed by atoms with Crippen LogP contribution in [0, 0.1) is 11.3 Å². The first-order valence-corrected chi connectivity index (χ1v) is 8.54. The Balaban J connectivity index is 5.40. The molecule has 0 aliphatic heterocycles. The summed E-state index contributed by atoms with van der Waals surface area (Å²) >= 11 is 0. The van der Waals surface area contributed by atoms with Crippen molar-refractivity contribution < 1.29 is 27.9 Å². The first-order chi connectivity index (χ1) is 9.11. The van der Waals surface area contributed by atoms with Crippen LogP contribution in [0.4, 0.5) is 0 Å². The van der Waals surface area contributed by atoms with Gasteiger partial charge in [0, 0.05) is 5.75 Å². The minimum absolute atomic E-state index is 0.0560. The van der Waals surface area contributed by atoms with E-state index in [1.54, 1.807) is 20.8 Å². The van der Waals surface area contributed by atoms with Crippen molar-refractivity contribution in [2.45, 2.75) is 40.5 Å². The molecule has 0 aromatic carbocycles. The SMILES string of the molecule is CCOC(=O)C(CCS(=O)(=O)CC)(CC(C)C)C(=O)O. The van der Waals surface area contributed by atoms with Gasteiger partial charge in [-0.25, -0.2) is 8.42 Å². The molecule has 1 N–H and O–H groups in total. The zero-order chi connectivity index (χ0) is 16.0. The minimum Gasteiger partial charge on any atom is -0.480 e. The predicted octanol–water partition coefficient (Wildman–Crippen LogP) is 1.49. The van der Waals surface area contributed by atoms with Gasteiger partial charge in [0.1, 0.15) is 9.84 Å². The number of hydrogen-bond donors (Lipinski definition) is 1. The fourth-order valence-electron chi connectivity index (χ4n) is 2.01. The summed E-state index contributed by atoms with van der Waals surface area (Å²) < 4.78 is 28.0. The standard InChI is InChI=1S/C13H24O6S/c1-5-19-12(16)13(11(14)15,9-10(3)4)7-8-20(17,18)6-2/h10H,5-9H2,1-4H3,(H,14,15). The van der Waals surface area contributed by atoms with Crippen LogP contribution in [0.25, 0.3) is 0 Å². The minimum atomic E-state index is -3.34. The molecule has 0 aliphatic rings. The second kappa shape index (κ2) is 7.61. The Kier molecular flexibility index (Phi) is 7.19. The predicted molar refractivity (Wildman–Crippen MR) is 75.1 cm³/mol. The third-order valence-electron chi connectivity index (χ3n) is 3.11. The fraction of sp³-hybridized carbons (Fsp3) is 0.846. The van der Waals surface area contributed by atoms with Crippen LogP contribution in [0.2, 0.25) is 0 Å². The van der Waals surface area contributed by atoms with Crippen molar-refractivity contribution in [2.24, 2.45) is 11.3 Å². The number of aliphatic carboxylic acids is 1. The highest BCUT2D eigenvalue weighted by Crippen LogP contribution is 2.33. The second-order valence-corrected chi connectivity index (χ2v) is 7.66. The molecule has 0 fully saturated rings. The number of carboxylic acids is 1. The average Bonchev–Trinajstić information content (AvgIpc) is 2.34. The molecular formula is C13H24O6S. The number of carboxylic acid groups (broad SMARTS) is 1. The van der Waals surface area contributed by atoms with Gasteiger partial charge in [-0.15, -0.1) is 0 Å². The number of esters is 1. The molecule has 0 bridgehead atoms. The van der Waals surface area contributed by atoms with Crippen LogP contribution in [-0.2, 0) is 24.2 Å². The van der Waals surface area contributed by atoms with Crippen LogP contribution in [0.1, 0.15) is 40.5 Å². The van der Waals surface area contributed by atoms with E-state index in [1.165, 1.54) is 6.92 Å². The van der Waals surface area contributed by atoms with Crippen LogP contribution in [-0.4, -0.2) is 43.6 Å². The highest BCUT2D eigenvalue weighted by Gasteiger charge is 2.48. The Morgan fingerprint density at radius 1 is 1.25 bits per heavy atom. The smallest absolute Gasteiger partial charge is 0.323 e. The lowest BCUT2D eigenvalue weighted by molar-refractivity contribution is -0.170. The lowest BCUT2D eigenvalue weighted by Gasteiger charge is -2.28. The Hall–Kier alpha value is -1.11. The summed E-state index contributed by atoms with van der Waals surface area (Å²) in [6.45, 7) is 6.70. The Morgan fingerprint density at radius 3 is 2.15 bits per heavy atom. The average molecular weight is 308 g/mol. The van der Waals surface area contributed by atoms with E-state index in [2.05, 4.69) is 0 Å². The number of hydrogen-bond acceptors (Lipinski definition) is 5. The molecule has 0 aliphatic carbocycles. The van der Waals surface area contributed by atoms with E-state index < -0.39 is 27.2 Å². The summed E-state index contributed by atoms with van der Waals surface area (Å²) in [4.78, 5) is 23.6. The highest BCUT2D eigenvalue weighted by molar-refractivity contribution is 7.91. The van der Waals surface area contributed by atoms with E-state index in [0.717, 1.165) is 0 Å². The second-order valence-electron chi connectivity index (χ2n) is 5.19. The van der Waals surface area contributed by atoms with Crippen LogP contribution in [0.3, 0.4) is 0 Å². The number of ether oxygens (including phenoxy) is 1. The van der Waals surface area contributed by atoms with Gasteiger partial charge in [-0.05, 0) is 25.7 Å². The largest absolute Gasteiger partial charge is 0.480 e. The lowest BCUT2D eigenvalue weighted by Crippen LogP contribution is -2.43. The summed E-state index contributed by atoms with van der Waals surface area (Å²) in [5.41, 5.74) is -1.79. The van der Waals surface area contributed by atoms with Gasteiger partial charge in [-0.1, -0.05) is 20.8 Å². The Labute approximate surface area is 120 Å². The molecule has 0 rings (SSSR count). The van der Waals surface area contributed by atoms with Crippen molar-refractivity contribution in [3.05, 3.63) is 0 Å². The molecule has 0 saturated carbocycles. The van der Waals surface area contributed by atoms with E-state index in [0.29, 0.717) is 0 Å². The first kappa shape index (κ1) is 18.9. The van der Waals surface area contributed by atoms with Crippen LogP contribution in [0.5, 0.6) is 0 Å². The van der Waals surface area contributed by atoms with Crippen LogP contribution in [0.15, 0.2) is 0 Å². The Morgan fingerprint density at radius 2 is 1.80 bits per heavy atom. The summed E-state index contributed by atoms with van der Waals surface area (Å²) in [5, 5.41) is 9.44. The highest BCUT2D eigenvalue weighted by atomic mass is 32.2. The molecule has 6 nitrogen and oxygen atoms in total. The Bertz CT molecular complexity index is 440. The van der Waals surface area contributed by atoms with Crippen molar-refractivity contribution in [1.29, 1.82) is 0 Å². The molecule has 118 valence electrons. The molecule has 0 heterocycles. The molecular weight excluding hydrogens is 284 g/mol. The van der Waals surface area contributed by atoms with Crippen molar-refractivity contribution >= 4 is 21.8 Å². The zero-order valence-corrected chi connectivity index (χ0v) is 13.3. The molecule has 20 heavy (non-hydrogen) atoms. The maximum absolute atomic E-state index is 12.0. The van der Waals surface area contributed by atoms with Crippen LogP contribution < -0.4 is 0 Å². The van der Waals surface area contributed by atoms with Crippen molar-refractivity contribution in [1.82, 2.24) is 0 Å². The number of carbonyl (C=O) groups is 2. The van der Waals surface area contributed by atoms with E-state index >= 15 is 0 Å². The molecule has 0 spiro atoms. The maximum atomic E-state index is 12.0. The van der Waals surface area contributed by atoms with Crippen molar-refractivity contribution in [3.63, 3.8) is 0 Å². The maximum Gasteiger partial charge on any atom is 0.323 e. The molecule has 0 saturated heterocycles. The van der Waals surface area contributed by atoms with Gasteiger partial charge in [0.05, 0.1) is 12.4 Å². The molecule has 0 amide bonds. The third-order valence-corrected chi connectivity index (χ3v) is 4.82. The molecule has 0 aromatic heterocycles. The number of rotatable bonds is 9. The van der Waals surface area contributed by atoms with Gasteiger partial charge in [-0.2, -0.15) is 0 Å². The van der Waals surface area contributed by atoms with Gasteiger partial charge in [0.2, 0.25) is 0 Å². The van der Waals surface area contributed by atoms with Crippen LogP contribution >= 0.6 is 0 Å². The fourth-order valence-corrected chi connectivity index (χ4v) is 2.96. The topological polar surface area (TPSA) is 97.7 Å². The van der Waals surface area contributed by atoms with E-state index in [4.69, 9.17) is 4.74 Å². The summed E-state index contributed by atoms with van der Waals surface area (Å²) in [6, 6.07) is 0. The molecule has 0 aromatic rings. The van der Waals surface area contributed by atoms with E-state index in [9.17, 15) is 23.1 Å². The number of sulfone groups is 1. The first-order valence-electron chi connectivity index (χ1n) is 6.72. The summed E-state index contributed by atoms with van der Waals surface area (Å²) in [6.07, 6.45) is -0.198. The van der Waals surface area contributed by atoms with Gasteiger partial charge >= 0.3 is 11.9 Å². The van der Waals surface area contributed by atoms with Gasteiger partial charge < -0.3 is 9.84 Å². The summed E-state index contributed by atoms with van der Waals surface area (Å²) in [7, 11) is -3.34. The molecule has 7 heteroatoms. The quantitative estimate of drug-likeness (QED) is 0.512. The van der Waals surface area contributed by atoms with Crippen molar-refractivity contribution in [3.8, 4) is 0 Å². The van der Waals surface area contributed by atoms with Gasteiger partial charge in [0.15, 0.2) is 5.41 Å². The molecule has 0 radical (unpaired) electrons. The van der Waals surface area contributed by atoms with Gasteiger partial charge in [0.25, 0.3) is 0 Å². The van der Waals surface area contributed by atoms with E-state index in [1.807, 2.05) is 0 Å². The van der Waals surface area contributed by atoms with Gasteiger partial charge in [-0.3, -0.25) is 9.59 Å². The third kappa shape index (κ3) is 5.11. The zero-order valence-electron chi connectivity index (χ0n) is 12.5. The lowest BCUT2D eigenvalue weighted by atomic mass is 9.78. The molecule has 1 atom stereocenters. The summed E-state index contributed by atoms with van der Waals surface area (Å²) in [5.74, 6) is -2.66. The normalized spacial score (nSPS) is 14.8. The van der Waals surface area contributed by atoms with Crippen molar-refractivity contribution in [2.75, 3.05) is 18.1 Å². The number of carbonyl (C=O) groups excluding carboxylic acids is 1. The van der Waals surface area contributed by atoms with E-state index in [-0.39, 0.29) is 36.9 Å².